The summed E-state index contributed by atoms with van der Waals surface area (Å²) >= 11 is 3.36. The molecule has 0 aliphatic carbocycles. The van der Waals surface area contributed by atoms with Crippen LogP contribution in [0.2, 0.25) is 0 Å². The van der Waals surface area contributed by atoms with E-state index in [4.69, 9.17) is 10.5 Å². The van der Waals surface area contributed by atoms with E-state index in [9.17, 15) is 4.79 Å². The van der Waals surface area contributed by atoms with Gasteiger partial charge in [0.2, 0.25) is 5.91 Å². The van der Waals surface area contributed by atoms with Gasteiger partial charge in [-0.2, -0.15) is 0 Å². The van der Waals surface area contributed by atoms with E-state index in [1.54, 1.807) is 11.9 Å². The fourth-order valence-electron chi connectivity index (χ4n) is 1.40. The largest absolute Gasteiger partial charge is 0.492 e. The van der Waals surface area contributed by atoms with Crippen LogP contribution in [0.1, 0.15) is 13.3 Å². The average Bonchev–Trinajstić information content (AvgIpc) is 2.39. The molecule has 0 saturated heterocycles. The number of nitrogens with zero attached hydrogens (tertiary/aromatic N) is 1. The van der Waals surface area contributed by atoms with E-state index in [-0.39, 0.29) is 5.91 Å². The lowest BCUT2D eigenvalue weighted by Crippen LogP contribution is -2.42. The summed E-state index contributed by atoms with van der Waals surface area (Å²) in [5.74, 6) is 0.746. The van der Waals surface area contributed by atoms with Gasteiger partial charge < -0.3 is 15.4 Å². The van der Waals surface area contributed by atoms with Gasteiger partial charge in [0.15, 0.2) is 0 Å². The summed E-state index contributed by atoms with van der Waals surface area (Å²) in [5.41, 5.74) is 5.68. The first-order chi connectivity index (χ1) is 8.54. The fraction of sp³-hybridized carbons (Fsp3) is 0.462. The molecule has 100 valence electrons. The van der Waals surface area contributed by atoms with Gasteiger partial charge in [0.05, 0.1) is 12.6 Å². The molecule has 1 amide bonds. The molecule has 1 atom stereocenters. The quantitative estimate of drug-likeness (QED) is 0.874. The molecule has 0 aromatic heterocycles. The maximum atomic E-state index is 11.7. The van der Waals surface area contributed by atoms with E-state index in [1.807, 2.05) is 31.2 Å². The third kappa shape index (κ3) is 4.66. The first-order valence-electron chi connectivity index (χ1n) is 5.93. The minimum Gasteiger partial charge on any atom is -0.492 e. The zero-order valence-electron chi connectivity index (χ0n) is 10.7. The van der Waals surface area contributed by atoms with Gasteiger partial charge in [-0.05, 0) is 30.7 Å². The number of benzene rings is 1. The Bertz CT molecular complexity index is 381. The third-order valence-corrected chi connectivity index (χ3v) is 3.17. The van der Waals surface area contributed by atoms with Crippen molar-refractivity contribution in [2.45, 2.75) is 19.4 Å². The van der Waals surface area contributed by atoms with Crippen molar-refractivity contribution in [2.75, 3.05) is 20.2 Å². The number of ether oxygens (including phenoxy) is 1. The number of likely N-dealkylation sites (N-methyl/N-ethyl adjacent to an activating group) is 1. The number of halogens is 1. The molecule has 0 aliphatic heterocycles. The Morgan fingerprint density at radius 3 is 2.61 bits per heavy atom. The average molecular weight is 315 g/mol. The standard InChI is InChI=1S/C13H19BrN2O2/c1-3-12(15)13(17)16(2)8-9-18-11-6-4-10(14)5-7-11/h4-7,12H,3,8-9,15H2,1-2H3/t12-/m1/s1. The molecule has 0 radical (unpaired) electrons. The summed E-state index contributed by atoms with van der Waals surface area (Å²) in [7, 11) is 1.74. The van der Waals surface area contributed by atoms with Crippen molar-refractivity contribution < 1.29 is 9.53 Å². The van der Waals surface area contributed by atoms with Gasteiger partial charge in [-0.1, -0.05) is 22.9 Å². The first kappa shape index (κ1) is 15.0. The Morgan fingerprint density at radius 2 is 2.06 bits per heavy atom. The second kappa shape index (κ2) is 7.38. The van der Waals surface area contributed by atoms with E-state index in [0.29, 0.717) is 19.6 Å². The second-order valence-corrected chi connectivity index (χ2v) is 4.99. The van der Waals surface area contributed by atoms with Crippen LogP contribution >= 0.6 is 15.9 Å². The predicted molar refractivity (Wildman–Crippen MR) is 75.5 cm³/mol. The molecule has 1 aromatic carbocycles. The van der Waals surface area contributed by atoms with E-state index in [1.165, 1.54) is 0 Å². The Morgan fingerprint density at radius 1 is 1.44 bits per heavy atom. The van der Waals surface area contributed by atoms with E-state index in [0.717, 1.165) is 10.2 Å². The van der Waals surface area contributed by atoms with Crippen molar-refractivity contribution in [1.82, 2.24) is 4.90 Å². The lowest BCUT2D eigenvalue weighted by molar-refractivity contribution is -0.131. The van der Waals surface area contributed by atoms with E-state index < -0.39 is 6.04 Å². The number of carbonyl (C=O) groups is 1. The molecule has 0 aliphatic rings. The number of amides is 1. The molecule has 0 unspecified atom stereocenters. The Labute approximate surface area is 116 Å². The van der Waals surface area contributed by atoms with Crippen LogP contribution in [-0.2, 0) is 4.79 Å². The number of rotatable bonds is 6. The Balaban J connectivity index is 2.33. The van der Waals surface area contributed by atoms with Crippen molar-refractivity contribution in [1.29, 1.82) is 0 Å². The van der Waals surface area contributed by atoms with Gasteiger partial charge in [0.1, 0.15) is 12.4 Å². The summed E-state index contributed by atoms with van der Waals surface area (Å²) in [6, 6.07) is 7.17. The number of hydrogen-bond donors (Lipinski definition) is 1. The molecule has 5 heteroatoms. The van der Waals surface area contributed by atoms with Crippen LogP contribution in [0, 0.1) is 0 Å². The van der Waals surface area contributed by atoms with Gasteiger partial charge in [0.25, 0.3) is 0 Å². The molecule has 18 heavy (non-hydrogen) atoms. The summed E-state index contributed by atoms with van der Waals surface area (Å²) in [5, 5.41) is 0. The zero-order chi connectivity index (χ0) is 13.5. The van der Waals surface area contributed by atoms with Gasteiger partial charge in [-0.3, -0.25) is 4.79 Å². The minimum absolute atomic E-state index is 0.0445. The first-order valence-corrected chi connectivity index (χ1v) is 6.72. The SMILES string of the molecule is CC[C@@H](N)C(=O)N(C)CCOc1ccc(Br)cc1. The van der Waals surface area contributed by atoms with Crippen molar-refractivity contribution >= 4 is 21.8 Å². The highest BCUT2D eigenvalue weighted by Crippen LogP contribution is 2.15. The molecule has 1 rings (SSSR count). The third-order valence-electron chi connectivity index (χ3n) is 2.64. The number of nitrogens with two attached hydrogens (primary N) is 1. The molecule has 0 bridgehead atoms. The van der Waals surface area contributed by atoms with Crippen molar-refractivity contribution in [3.8, 4) is 5.75 Å². The summed E-state index contributed by atoms with van der Waals surface area (Å²) in [4.78, 5) is 13.3. The lowest BCUT2D eigenvalue weighted by atomic mass is 10.2. The molecule has 0 spiro atoms. The lowest BCUT2D eigenvalue weighted by Gasteiger charge is -2.20. The van der Waals surface area contributed by atoms with Crippen LogP contribution in [0.25, 0.3) is 0 Å². The molecule has 0 fully saturated rings. The van der Waals surface area contributed by atoms with Gasteiger partial charge in [0, 0.05) is 11.5 Å². The summed E-state index contributed by atoms with van der Waals surface area (Å²) in [6.07, 6.45) is 0.650. The highest BCUT2D eigenvalue weighted by Gasteiger charge is 2.15. The molecule has 0 heterocycles. The van der Waals surface area contributed by atoms with Crippen molar-refractivity contribution in [3.05, 3.63) is 28.7 Å². The topological polar surface area (TPSA) is 55.6 Å². The van der Waals surface area contributed by atoms with Gasteiger partial charge >= 0.3 is 0 Å². The minimum atomic E-state index is -0.414. The van der Waals surface area contributed by atoms with Crippen LogP contribution in [0.5, 0.6) is 5.75 Å². The second-order valence-electron chi connectivity index (χ2n) is 4.08. The zero-order valence-corrected chi connectivity index (χ0v) is 12.3. The van der Waals surface area contributed by atoms with Crippen LogP contribution in [0.3, 0.4) is 0 Å². The summed E-state index contributed by atoms with van der Waals surface area (Å²) < 4.78 is 6.55. The number of carbonyl (C=O) groups excluding carboxylic acids is 1. The fourth-order valence-corrected chi connectivity index (χ4v) is 1.66. The van der Waals surface area contributed by atoms with Crippen LogP contribution in [0.4, 0.5) is 0 Å². The highest BCUT2D eigenvalue weighted by atomic mass is 79.9. The van der Waals surface area contributed by atoms with Crippen molar-refractivity contribution in [3.63, 3.8) is 0 Å². The molecular formula is C13H19BrN2O2. The normalized spacial score (nSPS) is 12.0. The molecule has 1 aromatic rings. The van der Waals surface area contributed by atoms with Gasteiger partial charge in [-0.15, -0.1) is 0 Å². The maximum Gasteiger partial charge on any atom is 0.239 e. The van der Waals surface area contributed by atoms with Crippen molar-refractivity contribution in [2.24, 2.45) is 5.73 Å². The predicted octanol–water partition coefficient (Wildman–Crippen LogP) is 2.02. The van der Waals surface area contributed by atoms with E-state index >= 15 is 0 Å². The Kier molecular flexibility index (Phi) is 6.15. The Hall–Kier alpha value is -1.07. The molecule has 2 N–H and O–H groups in total. The maximum absolute atomic E-state index is 11.7. The van der Waals surface area contributed by atoms with Crippen LogP contribution in [-0.4, -0.2) is 37.0 Å². The van der Waals surface area contributed by atoms with Crippen LogP contribution < -0.4 is 10.5 Å². The molecule has 4 nitrogen and oxygen atoms in total. The number of hydrogen-bond acceptors (Lipinski definition) is 3. The molecule has 0 saturated carbocycles. The monoisotopic (exact) mass is 314 g/mol. The smallest absolute Gasteiger partial charge is 0.239 e. The highest BCUT2D eigenvalue weighted by molar-refractivity contribution is 9.10. The van der Waals surface area contributed by atoms with Crippen LogP contribution in [0.15, 0.2) is 28.7 Å². The summed E-state index contributed by atoms with van der Waals surface area (Å²) in [6.45, 7) is 2.89. The molecular weight excluding hydrogens is 296 g/mol. The van der Waals surface area contributed by atoms with Gasteiger partial charge in [-0.25, -0.2) is 0 Å². The van der Waals surface area contributed by atoms with E-state index in [2.05, 4.69) is 15.9 Å².